The SMILES string of the molecule is COC(=O)c1ccc[n+](O)c1N[C@@H]1CCCN(C(=O)OC(C)(C)C)C1. The summed E-state index contributed by atoms with van der Waals surface area (Å²) in [6.07, 6.45) is 2.65. The Morgan fingerprint density at radius 1 is 1.40 bits per heavy atom. The smallest absolute Gasteiger partial charge is 0.410 e. The maximum atomic E-state index is 12.2. The van der Waals surface area contributed by atoms with Gasteiger partial charge in [0.05, 0.1) is 13.7 Å². The number of esters is 1. The zero-order chi connectivity index (χ0) is 18.6. The van der Waals surface area contributed by atoms with Gasteiger partial charge in [0.2, 0.25) is 0 Å². The molecule has 2 heterocycles. The minimum atomic E-state index is -0.553. The summed E-state index contributed by atoms with van der Waals surface area (Å²) in [4.78, 5) is 25.8. The van der Waals surface area contributed by atoms with E-state index in [2.05, 4.69) is 5.32 Å². The molecule has 0 aliphatic carbocycles. The fraction of sp³-hybridized carbons (Fsp3) is 0.588. The summed E-state index contributed by atoms with van der Waals surface area (Å²) in [6, 6.07) is 2.99. The molecule has 25 heavy (non-hydrogen) atoms. The number of carbonyl (C=O) groups excluding carboxylic acids is 2. The summed E-state index contributed by atoms with van der Waals surface area (Å²) < 4.78 is 11.0. The number of nitrogens with zero attached hydrogens (tertiary/aromatic N) is 2. The molecule has 1 aliphatic rings. The van der Waals surface area contributed by atoms with Crippen molar-refractivity contribution >= 4 is 17.9 Å². The van der Waals surface area contributed by atoms with E-state index in [1.807, 2.05) is 20.8 Å². The van der Waals surface area contributed by atoms with Crippen molar-refractivity contribution in [2.24, 2.45) is 0 Å². The summed E-state index contributed by atoms with van der Waals surface area (Å²) in [5.41, 5.74) is -0.329. The molecule has 0 aromatic carbocycles. The van der Waals surface area contributed by atoms with Crippen LogP contribution in [0.3, 0.4) is 0 Å². The van der Waals surface area contributed by atoms with Gasteiger partial charge in [-0.2, -0.15) is 0 Å². The Kier molecular flexibility index (Phi) is 5.71. The first kappa shape index (κ1) is 18.8. The topological polar surface area (TPSA) is 92.0 Å². The van der Waals surface area contributed by atoms with Crippen LogP contribution in [0.5, 0.6) is 0 Å². The van der Waals surface area contributed by atoms with Crippen LogP contribution in [0.1, 0.15) is 44.0 Å². The fourth-order valence-electron chi connectivity index (χ4n) is 2.70. The summed E-state index contributed by atoms with van der Waals surface area (Å²) in [6.45, 7) is 6.51. The van der Waals surface area contributed by atoms with Crippen molar-refractivity contribution in [2.45, 2.75) is 45.3 Å². The molecule has 1 fully saturated rings. The van der Waals surface area contributed by atoms with Crippen LogP contribution in [0.25, 0.3) is 0 Å². The third-order valence-corrected chi connectivity index (χ3v) is 3.79. The summed E-state index contributed by atoms with van der Waals surface area (Å²) in [5.74, 6) is -0.309. The second kappa shape index (κ2) is 7.58. The average molecular weight is 352 g/mol. The molecule has 1 aliphatic heterocycles. The molecule has 1 aromatic rings. The number of carbonyl (C=O) groups is 2. The van der Waals surface area contributed by atoms with E-state index in [0.717, 1.165) is 17.6 Å². The first-order chi connectivity index (χ1) is 11.7. The van der Waals surface area contributed by atoms with Gasteiger partial charge in [-0.25, -0.2) is 9.59 Å². The van der Waals surface area contributed by atoms with Gasteiger partial charge >= 0.3 is 17.9 Å². The van der Waals surface area contributed by atoms with E-state index in [4.69, 9.17) is 9.47 Å². The Morgan fingerprint density at radius 2 is 2.12 bits per heavy atom. The first-order valence-electron chi connectivity index (χ1n) is 8.28. The van der Waals surface area contributed by atoms with Crippen LogP contribution < -0.4 is 10.0 Å². The Hall–Kier alpha value is -2.51. The van der Waals surface area contributed by atoms with E-state index in [0.29, 0.717) is 13.1 Å². The molecular weight excluding hydrogens is 326 g/mol. The number of anilines is 1. The molecule has 0 spiro atoms. The molecule has 0 saturated carbocycles. The van der Waals surface area contributed by atoms with Crippen molar-refractivity contribution in [3.05, 3.63) is 23.9 Å². The van der Waals surface area contributed by atoms with Crippen LogP contribution in [-0.2, 0) is 9.47 Å². The zero-order valence-electron chi connectivity index (χ0n) is 15.1. The maximum Gasteiger partial charge on any atom is 0.410 e. The van der Waals surface area contributed by atoms with Crippen LogP contribution in [0.4, 0.5) is 10.6 Å². The number of likely N-dealkylation sites (tertiary alicyclic amines) is 1. The minimum Gasteiger partial charge on any atom is -0.465 e. The van der Waals surface area contributed by atoms with Gasteiger partial charge in [0.1, 0.15) is 17.8 Å². The van der Waals surface area contributed by atoms with Crippen LogP contribution in [0.15, 0.2) is 18.3 Å². The third-order valence-electron chi connectivity index (χ3n) is 3.79. The van der Waals surface area contributed by atoms with E-state index in [9.17, 15) is 14.8 Å². The second-order valence-corrected chi connectivity index (χ2v) is 7.02. The largest absolute Gasteiger partial charge is 0.465 e. The van der Waals surface area contributed by atoms with Gasteiger partial charge in [-0.05, 0) is 45.7 Å². The lowest BCUT2D eigenvalue weighted by atomic mass is 10.1. The predicted octanol–water partition coefficient (Wildman–Crippen LogP) is 1.81. The molecule has 0 radical (unpaired) electrons. The standard InChI is InChI=1S/C17H25N3O5/c1-17(2,3)25-16(22)19-9-5-7-12(11-19)18-14-13(15(21)24-4)8-6-10-20(14)23/h6,8,10,12,23H,5,7,9,11H2,1-4H3/p+1/t12-/m1/s1. The van der Waals surface area contributed by atoms with Crippen molar-refractivity contribution < 1.29 is 29.0 Å². The highest BCUT2D eigenvalue weighted by Crippen LogP contribution is 2.19. The van der Waals surface area contributed by atoms with Crippen molar-refractivity contribution in [3.63, 3.8) is 0 Å². The van der Waals surface area contributed by atoms with Crippen molar-refractivity contribution in [2.75, 3.05) is 25.5 Å². The molecule has 0 bridgehead atoms. The van der Waals surface area contributed by atoms with Crippen LogP contribution in [-0.4, -0.2) is 54.0 Å². The zero-order valence-corrected chi connectivity index (χ0v) is 15.1. The van der Waals surface area contributed by atoms with Gasteiger partial charge in [0.15, 0.2) is 5.56 Å². The number of hydrogen-bond donors (Lipinski definition) is 2. The Bertz CT molecular complexity index is 642. The highest BCUT2D eigenvalue weighted by molar-refractivity contribution is 5.93. The molecule has 1 saturated heterocycles. The maximum absolute atomic E-state index is 12.2. The third kappa shape index (κ3) is 4.98. The van der Waals surface area contributed by atoms with E-state index in [1.54, 1.807) is 17.0 Å². The summed E-state index contributed by atoms with van der Waals surface area (Å²) in [5, 5.41) is 13.2. The lowest BCUT2D eigenvalue weighted by Crippen LogP contribution is -2.48. The Balaban J connectivity index is 2.11. The number of rotatable bonds is 3. The van der Waals surface area contributed by atoms with Gasteiger partial charge in [0, 0.05) is 6.54 Å². The van der Waals surface area contributed by atoms with Gasteiger partial charge in [-0.1, -0.05) is 4.73 Å². The average Bonchev–Trinajstić information content (AvgIpc) is 2.54. The number of hydrogen-bond acceptors (Lipinski definition) is 6. The first-order valence-corrected chi connectivity index (χ1v) is 8.28. The normalized spacial score (nSPS) is 17.8. The van der Waals surface area contributed by atoms with E-state index >= 15 is 0 Å². The predicted molar refractivity (Wildman–Crippen MR) is 89.6 cm³/mol. The lowest BCUT2D eigenvalue weighted by molar-refractivity contribution is -0.893. The number of ether oxygens (including phenoxy) is 2. The van der Waals surface area contributed by atoms with Crippen LogP contribution in [0.2, 0.25) is 0 Å². The number of piperidine rings is 1. The van der Waals surface area contributed by atoms with E-state index in [1.165, 1.54) is 13.3 Å². The molecule has 2 N–H and O–H groups in total. The molecule has 1 aromatic heterocycles. The number of nitrogens with one attached hydrogen (secondary N) is 1. The highest BCUT2D eigenvalue weighted by atomic mass is 16.6. The molecular formula is C17H26N3O5+. The lowest BCUT2D eigenvalue weighted by Gasteiger charge is -2.32. The summed E-state index contributed by atoms with van der Waals surface area (Å²) >= 11 is 0. The molecule has 138 valence electrons. The quantitative estimate of drug-likeness (QED) is 0.490. The van der Waals surface area contributed by atoms with Gasteiger partial charge < -0.3 is 19.6 Å². The van der Waals surface area contributed by atoms with Gasteiger partial charge in [-0.15, -0.1) is 0 Å². The van der Waals surface area contributed by atoms with Crippen molar-refractivity contribution in [1.82, 2.24) is 4.90 Å². The monoisotopic (exact) mass is 352 g/mol. The Morgan fingerprint density at radius 3 is 2.76 bits per heavy atom. The molecule has 0 unspecified atom stereocenters. The van der Waals surface area contributed by atoms with Crippen molar-refractivity contribution in [3.8, 4) is 0 Å². The summed E-state index contributed by atoms with van der Waals surface area (Å²) in [7, 11) is 1.28. The molecule has 1 amide bonds. The molecule has 1 atom stereocenters. The van der Waals surface area contributed by atoms with Crippen molar-refractivity contribution in [1.29, 1.82) is 0 Å². The number of amides is 1. The van der Waals surface area contributed by atoms with Crippen LogP contribution >= 0.6 is 0 Å². The number of methoxy groups -OCH3 is 1. The fourth-order valence-corrected chi connectivity index (χ4v) is 2.70. The highest BCUT2D eigenvalue weighted by Gasteiger charge is 2.32. The molecule has 8 heteroatoms. The minimum absolute atomic E-state index is 0.120. The number of aromatic nitrogens is 1. The second-order valence-electron chi connectivity index (χ2n) is 7.02. The number of pyridine rings is 1. The molecule has 2 rings (SSSR count). The van der Waals surface area contributed by atoms with Crippen LogP contribution in [0, 0.1) is 0 Å². The Labute approximate surface area is 147 Å². The molecule has 8 nitrogen and oxygen atoms in total. The van der Waals surface area contributed by atoms with E-state index < -0.39 is 11.6 Å². The van der Waals surface area contributed by atoms with Gasteiger partial charge in [0.25, 0.3) is 0 Å². The van der Waals surface area contributed by atoms with Gasteiger partial charge in [-0.3, -0.25) is 5.32 Å². The van der Waals surface area contributed by atoms with E-state index in [-0.39, 0.29) is 23.5 Å².